The van der Waals surface area contributed by atoms with E-state index in [1.54, 1.807) is 53.4 Å². The lowest BCUT2D eigenvalue weighted by Gasteiger charge is -2.19. The summed E-state index contributed by atoms with van der Waals surface area (Å²) in [5, 5.41) is 33.3. The van der Waals surface area contributed by atoms with Crippen LogP contribution in [-0.2, 0) is 0 Å². The Morgan fingerprint density at radius 1 is 0.815 bits per heavy atom. The number of benzene rings is 2. The smallest absolute Gasteiger partial charge is 0.275 e. The molecule has 8 nitrogen and oxygen atoms in total. The lowest BCUT2D eigenvalue weighted by atomic mass is 9.94. The van der Waals surface area contributed by atoms with Crippen molar-refractivity contribution in [1.82, 2.24) is 0 Å². The van der Waals surface area contributed by atoms with E-state index in [0.717, 1.165) is 0 Å². The van der Waals surface area contributed by atoms with E-state index in [1.165, 1.54) is 30.3 Å². The van der Waals surface area contributed by atoms with Gasteiger partial charge in [-0.15, -0.1) is 0 Å². The molecule has 0 amide bonds. The number of aromatic nitrogens is 1. The fourth-order valence-corrected chi connectivity index (χ4v) is 2.98. The Kier molecular flexibility index (Phi) is 5.18. The van der Waals surface area contributed by atoms with Crippen molar-refractivity contribution in [2.75, 3.05) is 0 Å². The van der Waals surface area contributed by atoms with Gasteiger partial charge in [-0.25, -0.2) is 0 Å². The van der Waals surface area contributed by atoms with Gasteiger partial charge in [0.2, 0.25) is 6.04 Å². The van der Waals surface area contributed by atoms with Crippen molar-refractivity contribution >= 4 is 11.4 Å². The van der Waals surface area contributed by atoms with E-state index in [9.17, 15) is 25.3 Å². The van der Waals surface area contributed by atoms with Crippen molar-refractivity contribution in [1.29, 1.82) is 0 Å². The summed E-state index contributed by atoms with van der Waals surface area (Å²) in [7, 11) is 0. The first kappa shape index (κ1) is 18.2. The van der Waals surface area contributed by atoms with Crippen LogP contribution in [0.2, 0.25) is 0 Å². The van der Waals surface area contributed by atoms with E-state index in [4.69, 9.17) is 0 Å². The molecule has 0 aliphatic carbocycles. The number of pyridine rings is 1. The average Bonchev–Trinajstić information content (AvgIpc) is 2.69. The Hall–Kier alpha value is -3.65. The van der Waals surface area contributed by atoms with E-state index in [1.807, 2.05) is 0 Å². The number of nitrogens with zero attached hydrogens (tertiary/aromatic N) is 3. The van der Waals surface area contributed by atoms with E-state index < -0.39 is 22.0 Å². The highest BCUT2D eigenvalue weighted by Gasteiger charge is 2.35. The first-order chi connectivity index (χ1) is 13.0. The van der Waals surface area contributed by atoms with Crippen LogP contribution in [0, 0.1) is 20.2 Å². The summed E-state index contributed by atoms with van der Waals surface area (Å²) < 4.78 is 1.71. The predicted molar refractivity (Wildman–Crippen MR) is 95.9 cm³/mol. The maximum Gasteiger partial charge on any atom is 0.275 e. The number of non-ortho nitro benzene ring substituents is 1. The number of nitro benzene ring substituents is 2. The van der Waals surface area contributed by atoms with E-state index in [2.05, 4.69) is 0 Å². The van der Waals surface area contributed by atoms with Crippen LogP contribution in [-0.4, -0.2) is 15.0 Å². The Morgan fingerprint density at radius 3 is 2.04 bits per heavy atom. The van der Waals surface area contributed by atoms with Gasteiger partial charge < -0.3 is 5.11 Å². The van der Waals surface area contributed by atoms with Crippen LogP contribution in [0.1, 0.15) is 23.3 Å². The predicted octanol–water partition coefficient (Wildman–Crippen LogP) is 3.11. The summed E-state index contributed by atoms with van der Waals surface area (Å²) >= 11 is 0. The second-order valence-electron chi connectivity index (χ2n) is 5.88. The molecule has 0 aliphatic heterocycles. The molecule has 0 saturated carbocycles. The highest BCUT2D eigenvalue weighted by molar-refractivity contribution is 5.43. The van der Waals surface area contributed by atoms with Crippen molar-refractivity contribution in [2.24, 2.45) is 0 Å². The zero-order valence-electron chi connectivity index (χ0n) is 14.1. The average molecular weight is 366 g/mol. The molecule has 3 rings (SSSR count). The molecule has 1 heterocycles. The first-order valence-corrected chi connectivity index (χ1v) is 8.10. The van der Waals surface area contributed by atoms with Gasteiger partial charge in [-0.05, 0) is 18.2 Å². The van der Waals surface area contributed by atoms with Crippen LogP contribution in [0.15, 0.2) is 79.1 Å². The van der Waals surface area contributed by atoms with Gasteiger partial charge in [0, 0.05) is 35.9 Å². The van der Waals surface area contributed by atoms with Gasteiger partial charge >= 0.3 is 0 Å². The van der Waals surface area contributed by atoms with Crippen molar-refractivity contribution in [3.63, 3.8) is 0 Å². The number of aliphatic hydroxyl groups excluding tert-OH is 1. The lowest BCUT2D eigenvalue weighted by Crippen LogP contribution is -2.42. The van der Waals surface area contributed by atoms with Gasteiger partial charge in [0.25, 0.3) is 11.4 Å². The quantitative estimate of drug-likeness (QED) is 0.409. The number of nitro groups is 2. The maximum absolute atomic E-state index is 11.4. The minimum Gasteiger partial charge on any atom is -0.381 e. The molecular weight excluding hydrogens is 350 g/mol. The molecule has 1 aromatic heterocycles. The van der Waals surface area contributed by atoms with Crippen molar-refractivity contribution in [2.45, 2.75) is 12.1 Å². The van der Waals surface area contributed by atoms with Crippen LogP contribution in [0.25, 0.3) is 0 Å². The Balaban J connectivity index is 2.11. The molecule has 8 heteroatoms. The van der Waals surface area contributed by atoms with Crippen LogP contribution < -0.4 is 4.57 Å². The SMILES string of the molecule is O=[N+]([O-])c1ccc([C@@H]([C@H](O)c2ccccc2[N+](=O)[O-])[n+]2ccccc2)cc1. The largest absolute Gasteiger partial charge is 0.381 e. The van der Waals surface area contributed by atoms with E-state index in [-0.39, 0.29) is 16.9 Å². The van der Waals surface area contributed by atoms with Gasteiger partial charge in [0.15, 0.2) is 18.5 Å². The first-order valence-electron chi connectivity index (χ1n) is 8.10. The monoisotopic (exact) mass is 366 g/mol. The van der Waals surface area contributed by atoms with Gasteiger partial charge in [-0.2, -0.15) is 4.57 Å². The molecule has 0 fully saturated rings. The molecule has 0 unspecified atom stereocenters. The minimum atomic E-state index is -1.24. The molecule has 0 bridgehead atoms. The number of hydrogen-bond acceptors (Lipinski definition) is 5. The second kappa shape index (κ2) is 7.71. The van der Waals surface area contributed by atoms with Gasteiger partial charge in [-0.3, -0.25) is 20.2 Å². The third-order valence-corrected chi connectivity index (χ3v) is 4.26. The highest BCUT2D eigenvalue weighted by Crippen LogP contribution is 2.34. The summed E-state index contributed by atoms with van der Waals surface area (Å²) in [4.78, 5) is 21.2. The van der Waals surface area contributed by atoms with Gasteiger partial charge in [-0.1, -0.05) is 18.2 Å². The van der Waals surface area contributed by atoms with E-state index >= 15 is 0 Å². The molecular formula is C19H16N3O5+. The van der Waals surface area contributed by atoms with Crippen LogP contribution in [0.3, 0.4) is 0 Å². The number of para-hydroxylation sites is 1. The van der Waals surface area contributed by atoms with E-state index in [0.29, 0.717) is 5.56 Å². The molecule has 0 saturated heterocycles. The minimum absolute atomic E-state index is 0.0734. The van der Waals surface area contributed by atoms with Crippen molar-refractivity contribution in [3.8, 4) is 0 Å². The third kappa shape index (κ3) is 3.80. The number of aliphatic hydroxyl groups is 1. The fraction of sp³-hybridized carbons (Fsp3) is 0.105. The standard InChI is InChI=1S/C19H16N3O5/c23-19(16-6-2-3-7-17(16)22(26)27)18(20-12-4-1-5-13-20)14-8-10-15(11-9-14)21(24)25/h1-13,18-19,23H/q+1/t18-,19+/m0/s1. The van der Waals surface area contributed by atoms with Crippen LogP contribution in [0.4, 0.5) is 11.4 Å². The van der Waals surface area contributed by atoms with Crippen molar-refractivity contribution in [3.05, 3.63) is 110 Å². The molecule has 0 radical (unpaired) electrons. The van der Waals surface area contributed by atoms with Crippen LogP contribution >= 0.6 is 0 Å². The van der Waals surface area contributed by atoms with Gasteiger partial charge in [0.05, 0.1) is 15.4 Å². The lowest BCUT2D eigenvalue weighted by molar-refractivity contribution is -0.722. The molecule has 3 aromatic rings. The summed E-state index contributed by atoms with van der Waals surface area (Å²) in [6.07, 6.45) is 2.22. The zero-order valence-corrected chi connectivity index (χ0v) is 14.1. The highest BCUT2D eigenvalue weighted by atomic mass is 16.6. The third-order valence-electron chi connectivity index (χ3n) is 4.26. The fourth-order valence-electron chi connectivity index (χ4n) is 2.98. The zero-order chi connectivity index (χ0) is 19.4. The molecule has 27 heavy (non-hydrogen) atoms. The summed E-state index contributed by atoms with van der Waals surface area (Å²) in [5.41, 5.74) is 0.494. The summed E-state index contributed by atoms with van der Waals surface area (Å²) in [5.74, 6) is 0. The molecule has 0 spiro atoms. The molecule has 2 atom stereocenters. The molecule has 0 aliphatic rings. The maximum atomic E-state index is 11.4. The molecule has 136 valence electrons. The summed E-state index contributed by atoms with van der Waals surface area (Å²) in [6, 6.07) is 16.4. The number of rotatable bonds is 6. The summed E-state index contributed by atoms with van der Waals surface area (Å²) in [6.45, 7) is 0. The topological polar surface area (TPSA) is 110 Å². The van der Waals surface area contributed by atoms with Gasteiger partial charge in [0.1, 0.15) is 0 Å². The van der Waals surface area contributed by atoms with Crippen molar-refractivity contribution < 1.29 is 19.5 Å². The molecule has 2 aromatic carbocycles. The Bertz CT molecular complexity index is 961. The Labute approximate surface area is 154 Å². The Morgan fingerprint density at radius 2 is 1.44 bits per heavy atom. The normalized spacial score (nSPS) is 12.9. The number of hydrogen-bond donors (Lipinski definition) is 1. The van der Waals surface area contributed by atoms with Crippen LogP contribution in [0.5, 0.6) is 0 Å². The molecule has 1 N–H and O–H groups in total. The second-order valence-corrected chi connectivity index (χ2v) is 5.88.